The molecule has 3 aromatic rings. The van der Waals surface area contributed by atoms with Gasteiger partial charge in [-0.2, -0.15) is 0 Å². The predicted molar refractivity (Wildman–Crippen MR) is 133 cm³/mol. The minimum Gasteiger partial charge on any atom is -0.462 e. The Balaban J connectivity index is 1.57. The summed E-state index contributed by atoms with van der Waals surface area (Å²) in [6, 6.07) is 21.0. The van der Waals surface area contributed by atoms with E-state index in [-0.39, 0.29) is 12.0 Å². The van der Waals surface area contributed by atoms with E-state index in [4.69, 9.17) is 9.72 Å². The van der Waals surface area contributed by atoms with Crippen molar-refractivity contribution in [1.29, 1.82) is 0 Å². The summed E-state index contributed by atoms with van der Waals surface area (Å²) in [7, 11) is 0. The van der Waals surface area contributed by atoms with Gasteiger partial charge in [0.2, 0.25) is 5.13 Å². The highest BCUT2D eigenvalue weighted by molar-refractivity contribution is 7.17. The number of allylic oxidation sites excluding steroid dienone is 1. The van der Waals surface area contributed by atoms with Gasteiger partial charge in [0, 0.05) is 0 Å². The number of thiazole rings is 1. The Morgan fingerprint density at radius 1 is 1.15 bits per heavy atom. The van der Waals surface area contributed by atoms with Crippen LogP contribution in [0.2, 0.25) is 0 Å². The van der Waals surface area contributed by atoms with Crippen molar-refractivity contribution in [2.45, 2.75) is 39.2 Å². The summed E-state index contributed by atoms with van der Waals surface area (Å²) < 4.78 is 5.25. The lowest BCUT2D eigenvalue weighted by Crippen LogP contribution is -2.34. The summed E-state index contributed by atoms with van der Waals surface area (Å²) in [4.78, 5) is 17.8. The van der Waals surface area contributed by atoms with Crippen LogP contribution in [0.4, 0.5) is 5.13 Å². The topological polar surface area (TPSA) is 54.5 Å². The van der Waals surface area contributed by atoms with Gasteiger partial charge in [0.25, 0.3) is 0 Å². The number of anilines is 1. The average Bonchev–Trinajstić information content (AvgIpc) is 3.42. The molecule has 5 nitrogen and oxygen atoms in total. The lowest BCUT2D eigenvalue weighted by atomic mass is 9.86. The molecule has 1 atom stereocenters. The van der Waals surface area contributed by atoms with Crippen molar-refractivity contribution in [2.75, 3.05) is 11.6 Å². The van der Waals surface area contributed by atoms with E-state index >= 15 is 0 Å². The largest absolute Gasteiger partial charge is 0.462 e. The number of esters is 1. The summed E-state index contributed by atoms with van der Waals surface area (Å²) in [5.41, 5.74) is 10.7. The smallest absolute Gasteiger partial charge is 0.350 e. The van der Waals surface area contributed by atoms with Crippen LogP contribution in [-0.2, 0) is 4.74 Å². The zero-order chi connectivity index (χ0) is 22.8. The molecule has 0 amide bonds. The van der Waals surface area contributed by atoms with Gasteiger partial charge in [-0.1, -0.05) is 72.0 Å². The Bertz CT molecular complexity index is 1210. The number of nitrogens with one attached hydrogen (secondary N) is 1. The average molecular weight is 458 g/mol. The zero-order valence-corrected chi connectivity index (χ0v) is 19.7. The van der Waals surface area contributed by atoms with Crippen molar-refractivity contribution >= 4 is 28.5 Å². The molecular formula is C27H27N3O2S. The summed E-state index contributed by atoms with van der Waals surface area (Å²) in [6.07, 6.45) is 5.45. The number of hydrogen-bond donors (Lipinski definition) is 1. The van der Waals surface area contributed by atoms with E-state index in [0.29, 0.717) is 17.2 Å². The van der Waals surface area contributed by atoms with E-state index < -0.39 is 0 Å². The van der Waals surface area contributed by atoms with Crippen molar-refractivity contribution in [3.05, 3.63) is 99.2 Å². The first-order chi connectivity index (χ1) is 16.2. The van der Waals surface area contributed by atoms with Crippen LogP contribution in [0.3, 0.4) is 0 Å². The highest BCUT2D eigenvalue weighted by Gasteiger charge is 2.38. The van der Waals surface area contributed by atoms with Crippen molar-refractivity contribution in [1.82, 2.24) is 10.4 Å². The van der Waals surface area contributed by atoms with Crippen LogP contribution in [0.15, 0.2) is 77.5 Å². The molecule has 2 aromatic carbocycles. The fraction of sp³-hybridized carbons (Fsp3) is 0.259. The number of hydrazine groups is 1. The Hall–Kier alpha value is -3.38. The second kappa shape index (κ2) is 9.24. The van der Waals surface area contributed by atoms with Gasteiger partial charge in [-0.05, 0) is 61.5 Å². The summed E-state index contributed by atoms with van der Waals surface area (Å²) in [5, 5.41) is 2.91. The molecule has 1 aliphatic carbocycles. The Kier molecular flexibility index (Phi) is 6.01. The number of aryl methyl sites for hydroxylation is 1. The number of ether oxygens (including phenoxy) is 1. The molecule has 33 heavy (non-hydrogen) atoms. The van der Waals surface area contributed by atoms with Gasteiger partial charge < -0.3 is 4.74 Å². The number of carbonyl (C=O) groups is 1. The second-order valence-electron chi connectivity index (χ2n) is 8.26. The van der Waals surface area contributed by atoms with Gasteiger partial charge in [0.1, 0.15) is 10.9 Å². The molecule has 168 valence electrons. The van der Waals surface area contributed by atoms with Gasteiger partial charge >= 0.3 is 5.97 Å². The second-order valence-corrected chi connectivity index (χ2v) is 9.24. The standard InChI is InChI=1S/C27H27N3O2S/c1-3-32-26(31)25-18(2)28-27(33-25)30-24(20-13-8-5-9-14-20)22-16-10-15-21(23(22)29-30)17-19-11-6-4-7-12-19/h4-9,11-14,17,24,29H,3,10,15-16H2,1-2H3/b21-17+/t24-/m1/s1. The van der Waals surface area contributed by atoms with E-state index in [1.54, 1.807) is 0 Å². The number of nitrogens with zero attached hydrogens (tertiary/aromatic N) is 2. The molecule has 2 heterocycles. The Morgan fingerprint density at radius 2 is 1.88 bits per heavy atom. The van der Waals surface area contributed by atoms with Crippen LogP contribution in [-0.4, -0.2) is 17.6 Å². The first-order valence-corrected chi connectivity index (χ1v) is 12.2. The molecule has 0 saturated carbocycles. The maximum atomic E-state index is 12.4. The maximum absolute atomic E-state index is 12.4. The molecule has 0 fully saturated rings. The number of benzene rings is 2. The monoisotopic (exact) mass is 457 g/mol. The van der Waals surface area contributed by atoms with Crippen molar-refractivity contribution < 1.29 is 9.53 Å². The first-order valence-electron chi connectivity index (χ1n) is 11.4. The number of aromatic nitrogens is 1. The van der Waals surface area contributed by atoms with Gasteiger partial charge in [0.05, 0.1) is 18.0 Å². The molecule has 6 heteroatoms. The van der Waals surface area contributed by atoms with E-state index in [1.165, 1.54) is 39.3 Å². The Morgan fingerprint density at radius 3 is 2.61 bits per heavy atom. The van der Waals surface area contributed by atoms with Crippen molar-refractivity contribution in [3.63, 3.8) is 0 Å². The van der Waals surface area contributed by atoms with Gasteiger partial charge in [-0.25, -0.2) is 14.8 Å². The molecule has 1 N–H and O–H groups in total. The number of carbonyl (C=O) groups excluding carboxylic acids is 1. The maximum Gasteiger partial charge on any atom is 0.350 e. The summed E-state index contributed by atoms with van der Waals surface area (Å²) in [6.45, 7) is 4.04. The number of rotatable bonds is 5. The van der Waals surface area contributed by atoms with Gasteiger partial charge in [-0.15, -0.1) is 0 Å². The highest BCUT2D eigenvalue weighted by Crippen LogP contribution is 2.46. The van der Waals surface area contributed by atoms with Crippen LogP contribution in [0.1, 0.15) is 58.7 Å². The SMILES string of the molecule is CCOC(=O)c1sc(N2NC3=C(CCC/C3=C\c3ccccc3)[C@H]2c2ccccc2)nc1C. The van der Waals surface area contributed by atoms with E-state index in [2.05, 4.69) is 65.0 Å². The fourth-order valence-corrected chi connectivity index (χ4v) is 5.54. The molecule has 1 aliphatic heterocycles. The highest BCUT2D eigenvalue weighted by atomic mass is 32.1. The third-order valence-corrected chi connectivity index (χ3v) is 7.20. The molecule has 2 aliphatic rings. The third kappa shape index (κ3) is 4.18. The molecule has 0 radical (unpaired) electrons. The van der Waals surface area contributed by atoms with Gasteiger partial charge in [-0.3, -0.25) is 5.43 Å². The summed E-state index contributed by atoms with van der Waals surface area (Å²) in [5.74, 6) is -0.309. The molecule has 0 bridgehead atoms. The number of hydrogen-bond acceptors (Lipinski definition) is 6. The molecular weight excluding hydrogens is 430 g/mol. The van der Waals surface area contributed by atoms with E-state index in [1.807, 2.05) is 26.0 Å². The fourth-order valence-electron chi connectivity index (χ4n) is 4.59. The third-order valence-electron chi connectivity index (χ3n) is 6.06. The van der Waals surface area contributed by atoms with Crippen molar-refractivity contribution in [2.24, 2.45) is 0 Å². The van der Waals surface area contributed by atoms with Crippen LogP contribution in [0, 0.1) is 6.92 Å². The van der Waals surface area contributed by atoms with Crippen molar-refractivity contribution in [3.8, 4) is 0 Å². The van der Waals surface area contributed by atoms with Crippen LogP contribution in [0.25, 0.3) is 6.08 Å². The van der Waals surface area contributed by atoms with Crippen LogP contribution < -0.4 is 10.4 Å². The minimum atomic E-state index is -0.309. The van der Waals surface area contributed by atoms with Crippen LogP contribution >= 0.6 is 11.3 Å². The molecule has 0 saturated heterocycles. The van der Waals surface area contributed by atoms with E-state index in [0.717, 1.165) is 24.4 Å². The quantitative estimate of drug-likeness (QED) is 0.461. The lowest BCUT2D eigenvalue weighted by Gasteiger charge is -2.26. The predicted octanol–water partition coefficient (Wildman–Crippen LogP) is 6.22. The Labute approximate surface area is 198 Å². The van der Waals surface area contributed by atoms with Crippen LogP contribution in [0.5, 0.6) is 0 Å². The van der Waals surface area contributed by atoms with Gasteiger partial charge in [0.15, 0.2) is 0 Å². The molecule has 5 rings (SSSR count). The lowest BCUT2D eigenvalue weighted by molar-refractivity contribution is 0.0531. The van der Waals surface area contributed by atoms with E-state index in [9.17, 15) is 4.79 Å². The molecule has 0 unspecified atom stereocenters. The first kappa shape index (κ1) is 21.5. The normalized spacial score (nSPS) is 18.9. The molecule has 1 aromatic heterocycles. The zero-order valence-electron chi connectivity index (χ0n) is 18.9. The molecule has 0 spiro atoms. The summed E-state index contributed by atoms with van der Waals surface area (Å²) >= 11 is 1.39. The minimum absolute atomic E-state index is 0.0290.